The van der Waals surface area contributed by atoms with Gasteiger partial charge in [0.05, 0.1) is 6.61 Å². The van der Waals surface area contributed by atoms with Crippen molar-refractivity contribution in [1.82, 2.24) is 5.32 Å². The van der Waals surface area contributed by atoms with E-state index >= 15 is 0 Å². The van der Waals surface area contributed by atoms with E-state index in [1.165, 1.54) is 5.75 Å². The molecule has 2 N–H and O–H groups in total. The van der Waals surface area contributed by atoms with Gasteiger partial charge in [-0.1, -0.05) is 20.8 Å². The predicted molar refractivity (Wildman–Crippen MR) is 70.6 cm³/mol. The van der Waals surface area contributed by atoms with E-state index in [0.29, 0.717) is 0 Å². The van der Waals surface area contributed by atoms with Crippen LogP contribution in [0, 0.1) is 5.92 Å². The molecule has 2 nitrogen and oxygen atoms in total. The van der Waals surface area contributed by atoms with Gasteiger partial charge in [0, 0.05) is 5.54 Å². The minimum Gasteiger partial charge on any atom is -0.394 e. The molecule has 15 heavy (non-hydrogen) atoms. The Labute approximate surface area is 99.2 Å². The Kier molecular flexibility index (Phi) is 8.58. The molecule has 0 rings (SSSR count). The van der Waals surface area contributed by atoms with Gasteiger partial charge in [0.15, 0.2) is 0 Å². The number of rotatable bonds is 9. The fourth-order valence-electron chi connectivity index (χ4n) is 1.27. The summed E-state index contributed by atoms with van der Waals surface area (Å²) in [4.78, 5) is 0. The molecule has 0 aliphatic carbocycles. The molecule has 0 aromatic heterocycles. The van der Waals surface area contributed by atoms with Crippen LogP contribution < -0.4 is 5.32 Å². The van der Waals surface area contributed by atoms with Crippen LogP contribution in [0.5, 0.6) is 0 Å². The van der Waals surface area contributed by atoms with Crippen LogP contribution in [0.4, 0.5) is 0 Å². The smallest absolute Gasteiger partial charge is 0.0610 e. The normalized spacial score (nSPS) is 15.6. The molecule has 0 amide bonds. The molecule has 0 bridgehead atoms. The minimum atomic E-state index is -0.0833. The summed E-state index contributed by atoms with van der Waals surface area (Å²) in [7, 11) is 0. The number of nitrogens with one attached hydrogen (secondary N) is 1. The summed E-state index contributed by atoms with van der Waals surface area (Å²) in [6.07, 6.45) is 2.16. The van der Waals surface area contributed by atoms with Gasteiger partial charge < -0.3 is 10.4 Å². The molecule has 0 saturated carbocycles. The van der Waals surface area contributed by atoms with E-state index in [1.54, 1.807) is 0 Å². The third-order valence-corrected chi connectivity index (χ3v) is 3.80. The quantitative estimate of drug-likeness (QED) is 0.600. The highest BCUT2D eigenvalue weighted by Crippen LogP contribution is 2.15. The molecule has 1 unspecified atom stereocenters. The summed E-state index contributed by atoms with van der Waals surface area (Å²) in [5.74, 6) is 3.11. The van der Waals surface area contributed by atoms with Gasteiger partial charge in [-0.15, -0.1) is 0 Å². The Morgan fingerprint density at radius 3 is 2.53 bits per heavy atom. The largest absolute Gasteiger partial charge is 0.394 e. The Hall–Kier alpha value is 0.270. The first-order chi connectivity index (χ1) is 7.04. The maximum absolute atomic E-state index is 9.35. The molecule has 3 heteroatoms. The minimum absolute atomic E-state index is 0.0833. The van der Waals surface area contributed by atoms with E-state index in [-0.39, 0.29) is 12.1 Å². The van der Waals surface area contributed by atoms with E-state index in [0.717, 1.165) is 31.1 Å². The van der Waals surface area contributed by atoms with Crippen LogP contribution in [-0.4, -0.2) is 35.3 Å². The van der Waals surface area contributed by atoms with Crippen molar-refractivity contribution in [3.05, 3.63) is 0 Å². The number of aliphatic hydroxyl groups excluding tert-OH is 1. The third-order valence-electron chi connectivity index (χ3n) is 2.40. The van der Waals surface area contributed by atoms with Crippen LogP contribution in [-0.2, 0) is 0 Å². The fourth-order valence-corrected chi connectivity index (χ4v) is 2.50. The number of thioether (sulfide) groups is 1. The topological polar surface area (TPSA) is 32.3 Å². The van der Waals surface area contributed by atoms with Crippen molar-refractivity contribution >= 4 is 11.8 Å². The average molecular weight is 233 g/mol. The molecule has 1 atom stereocenters. The predicted octanol–water partition coefficient (Wildman–Crippen LogP) is 2.52. The summed E-state index contributed by atoms with van der Waals surface area (Å²) >= 11 is 1.99. The molecule has 0 fully saturated rings. The second kappa shape index (κ2) is 8.43. The third kappa shape index (κ3) is 8.12. The van der Waals surface area contributed by atoms with E-state index in [9.17, 15) is 5.11 Å². The molecule has 0 aliphatic rings. The van der Waals surface area contributed by atoms with Gasteiger partial charge >= 0.3 is 0 Å². The second-order valence-corrected chi connectivity index (χ2v) is 6.01. The van der Waals surface area contributed by atoms with Gasteiger partial charge in [-0.2, -0.15) is 11.8 Å². The lowest BCUT2D eigenvalue weighted by molar-refractivity contribution is 0.171. The lowest BCUT2D eigenvalue weighted by Crippen LogP contribution is -2.46. The van der Waals surface area contributed by atoms with E-state index in [4.69, 9.17) is 0 Å². The van der Waals surface area contributed by atoms with Crippen molar-refractivity contribution in [3.8, 4) is 0 Å². The van der Waals surface area contributed by atoms with Gasteiger partial charge in [0.25, 0.3) is 0 Å². The zero-order valence-corrected chi connectivity index (χ0v) is 11.5. The lowest BCUT2D eigenvalue weighted by atomic mass is 10.0. The molecule has 0 aromatic carbocycles. The zero-order chi connectivity index (χ0) is 11.7. The Bertz CT molecular complexity index is 153. The van der Waals surface area contributed by atoms with Gasteiger partial charge in [-0.05, 0) is 43.7 Å². The van der Waals surface area contributed by atoms with Crippen LogP contribution >= 0.6 is 11.8 Å². The van der Waals surface area contributed by atoms with Crippen molar-refractivity contribution in [1.29, 1.82) is 0 Å². The second-order valence-electron chi connectivity index (χ2n) is 4.86. The van der Waals surface area contributed by atoms with Gasteiger partial charge in [-0.3, -0.25) is 0 Å². The van der Waals surface area contributed by atoms with Crippen molar-refractivity contribution in [2.45, 2.75) is 46.1 Å². The summed E-state index contributed by atoms with van der Waals surface area (Å²) in [5.41, 5.74) is -0.0833. The van der Waals surface area contributed by atoms with E-state index in [2.05, 4.69) is 33.0 Å². The van der Waals surface area contributed by atoms with Gasteiger partial charge in [0.2, 0.25) is 0 Å². The Balaban J connectivity index is 3.67. The fraction of sp³-hybridized carbons (Fsp3) is 1.00. The summed E-state index contributed by atoms with van der Waals surface area (Å²) in [6, 6.07) is 0. The number of hydrogen-bond acceptors (Lipinski definition) is 3. The SMILES string of the molecule is CCCNC(C)(CO)CCSCC(C)C. The first-order valence-corrected chi connectivity index (χ1v) is 7.13. The summed E-state index contributed by atoms with van der Waals surface area (Å²) < 4.78 is 0. The first kappa shape index (κ1) is 15.3. The molecular formula is C12H27NOS. The van der Waals surface area contributed by atoms with Crippen LogP contribution in [0.2, 0.25) is 0 Å². The van der Waals surface area contributed by atoms with Crippen LogP contribution in [0.25, 0.3) is 0 Å². The van der Waals surface area contributed by atoms with Gasteiger partial charge in [-0.25, -0.2) is 0 Å². The van der Waals surface area contributed by atoms with Crippen LogP contribution in [0.3, 0.4) is 0 Å². The Morgan fingerprint density at radius 2 is 2.07 bits per heavy atom. The molecule has 0 saturated heterocycles. The highest BCUT2D eigenvalue weighted by molar-refractivity contribution is 7.99. The average Bonchev–Trinajstić information content (AvgIpc) is 2.21. The maximum Gasteiger partial charge on any atom is 0.0610 e. The van der Waals surface area contributed by atoms with Crippen molar-refractivity contribution < 1.29 is 5.11 Å². The van der Waals surface area contributed by atoms with E-state index < -0.39 is 0 Å². The molecule has 0 aliphatic heterocycles. The molecule has 92 valence electrons. The summed E-state index contributed by atoms with van der Waals surface area (Å²) in [5, 5.41) is 12.8. The monoisotopic (exact) mass is 233 g/mol. The molecule has 0 aromatic rings. The molecule has 0 spiro atoms. The van der Waals surface area contributed by atoms with Crippen LogP contribution in [0.15, 0.2) is 0 Å². The molecule has 0 heterocycles. The number of hydrogen-bond donors (Lipinski definition) is 2. The van der Waals surface area contributed by atoms with E-state index in [1.807, 2.05) is 11.8 Å². The molecule has 0 radical (unpaired) electrons. The Morgan fingerprint density at radius 1 is 1.40 bits per heavy atom. The summed E-state index contributed by atoms with van der Waals surface area (Å²) in [6.45, 7) is 9.97. The number of aliphatic hydroxyl groups is 1. The lowest BCUT2D eigenvalue weighted by Gasteiger charge is -2.28. The van der Waals surface area contributed by atoms with Crippen molar-refractivity contribution in [2.75, 3.05) is 24.7 Å². The highest BCUT2D eigenvalue weighted by atomic mass is 32.2. The molecular weight excluding hydrogens is 206 g/mol. The maximum atomic E-state index is 9.35. The van der Waals surface area contributed by atoms with Crippen molar-refractivity contribution in [3.63, 3.8) is 0 Å². The standard InChI is InChI=1S/C12H27NOS/c1-5-7-13-12(4,10-14)6-8-15-9-11(2)3/h11,13-14H,5-10H2,1-4H3. The van der Waals surface area contributed by atoms with Crippen molar-refractivity contribution in [2.24, 2.45) is 5.92 Å². The highest BCUT2D eigenvalue weighted by Gasteiger charge is 2.21. The first-order valence-electron chi connectivity index (χ1n) is 5.97. The van der Waals surface area contributed by atoms with Crippen LogP contribution in [0.1, 0.15) is 40.5 Å². The zero-order valence-electron chi connectivity index (χ0n) is 10.7. The van der Waals surface area contributed by atoms with Gasteiger partial charge in [0.1, 0.15) is 0 Å².